The lowest BCUT2D eigenvalue weighted by Gasteiger charge is -2.07. The zero-order chi connectivity index (χ0) is 14.1. The Hall–Kier alpha value is -2.36. The predicted molar refractivity (Wildman–Crippen MR) is 76.4 cm³/mol. The lowest BCUT2D eigenvalue weighted by molar-refractivity contribution is 0.214. The number of pyridine rings is 1. The summed E-state index contributed by atoms with van der Waals surface area (Å²) in [6.07, 6.45) is 1.13. The second kappa shape index (κ2) is 7.87. The van der Waals surface area contributed by atoms with E-state index in [1.54, 1.807) is 37.4 Å². The van der Waals surface area contributed by atoms with Crippen LogP contribution in [0.4, 0.5) is 10.5 Å². The van der Waals surface area contributed by atoms with Crippen LogP contribution in [0.2, 0.25) is 0 Å². The van der Waals surface area contributed by atoms with Crippen LogP contribution in [0.1, 0.15) is 19.5 Å². The third-order valence-corrected chi connectivity index (χ3v) is 2.18. The minimum Gasteiger partial charge on any atom is -0.408 e. The first-order valence-corrected chi connectivity index (χ1v) is 6.21. The van der Waals surface area contributed by atoms with Crippen LogP contribution in [0.25, 0.3) is 0 Å². The van der Waals surface area contributed by atoms with Crippen LogP contribution in [-0.4, -0.2) is 11.1 Å². The van der Waals surface area contributed by atoms with Gasteiger partial charge in [0.25, 0.3) is 0 Å². The summed E-state index contributed by atoms with van der Waals surface area (Å²) in [5, 5.41) is 2.63. The number of hydrogen-bond acceptors (Lipinski definition) is 3. The molecule has 4 nitrogen and oxygen atoms in total. The molecule has 19 heavy (non-hydrogen) atoms. The van der Waals surface area contributed by atoms with E-state index in [0.717, 1.165) is 0 Å². The first kappa shape index (κ1) is 14.7. The molecule has 1 heterocycles. The van der Waals surface area contributed by atoms with Crippen molar-refractivity contribution in [2.45, 2.75) is 20.8 Å². The maximum atomic E-state index is 11.6. The number of benzene rings is 1. The van der Waals surface area contributed by atoms with E-state index in [9.17, 15) is 4.79 Å². The zero-order valence-corrected chi connectivity index (χ0v) is 11.4. The molecule has 0 aliphatic carbocycles. The molecular weight excluding hydrogens is 240 g/mol. The van der Waals surface area contributed by atoms with Gasteiger partial charge in [-0.3, -0.25) is 10.3 Å². The highest BCUT2D eigenvalue weighted by Gasteiger charge is 2.06. The number of amides is 1. The molecule has 4 heteroatoms. The summed E-state index contributed by atoms with van der Waals surface area (Å²) in [6.45, 7) is 5.78. The van der Waals surface area contributed by atoms with Gasteiger partial charge >= 0.3 is 6.09 Å². The molecule has 0 saturated heterocycles. The summed E-state index contributed by atoms with van der Waals surface area (Å²) < 4.78 is 5.14. The van der Waals surface area contributed by atoms with Crippen molar-refractivity contribution < 1.29 is 9.53 Å². The molecule has 0 radical (unpaired) electrons. The van der Waals surface area contributed by atoms with Gasteiger partial charge in [-0.2, -0.15) is 0 Å². The van der Waals surface area contributed by atoms with Gasteiger partial charge in [0.2, 0.25) is 0 Å². The molecule has 1 N–H and O–H groups in total. The molecule has 0 saturated carbocycles. The van der Waals surface area contributed by atoms with Crippen molar-refractivity contribution in [3.63, 3.8) is 0 Å². The number of rotatable bonds is 2. The Kier molecular flexibility index (Phi) is 6.09. The lowest BCUT2D eigenvalue weighted by Crippen LogP contribution is -2.17. The maximum absolute atomic E-state index is 11.6. The van der Waals surface area contributed by atoms with Crippen LogP contribution in [0.5, 0.6) is 5.75 Å². The number of carbonyl (C=O) groups excluding carboxylic acids is 1. The monoisotopic (exact) mass is 258 g/mol. The number of aryl methyl sites for hydroxylation is 1. The average molecular weight is 258 g/mol. The minimum absolute atomic E-state index is 0.459. The minimum atomic E-state index is -0.521. The smallest absolute Gasteiger partial charge is 0.408 e. The fourth-order valence-corrected chi connectivity index (χ4v) is 1.34. The highest BCUT2D eigenvalue weighted by Crippen LogP contribution is 2.14. The van der Waals surface area contributed by atoms with Crippen molar-refractivity contribution >= 4 is 11.8 Å². The summed E-state index contributed by atoms with van der Waals surface area (Å²) in [4.78, 5) is 15.6. The molecule has 0 atom stereocenters. The largest absolute Gasteiger partial charge is 0.417 e. The molecule has 0 bridgehead atoms. The van der Waals surface area contributed by atoms with Crippen LogP contribution in [0, 0.1) is 6.92 Å². The predicted octanol–water partition coefficient (Wildman–Crippen LogP) is 4.03. The molecule has 1 aromatic heterocycles. The van der Waals surface area contributed by atoms with Crippen LogP contribution < -0.4 is 10.1 Å². The maximum Gasteiger partial charge on any atom is 0.417 e. The lowest BCUT2D eigenvalue weighted by atomic mass is 10.3. The normalized spacial score (nSPS) is 9.00. The highest BCUT2D eigenvalue weighted by molar-refractivity contribution is 5.86. The summed E-state index contributed by atoms with van der Waals surface area (Å²) in [7, 11) is 0. The van der Waals surface area contributed by atoms with Gasteiger partial charge in [0.1, 0.15) is 0 Å². The van der Waals surface area contributed by atoms with E-state index < -0.39 is 6.09 Å². The topological polar surface area (TPSA) is 51.2 Å². The Labute approximate surface area is 113 Å². The van der Waals surface area contributed by atoms with E-state index in [1.165, 1.54) is 0 Å². The molecule has 1 aromatic carbocycles. The highest BCUT2D eigenvalue weighted by atomic mass is 16.6. The number of carbonyl (C=O) groups is 1. The fraction of sp³-hybridized carbons (Fsp3) is 0.200. The van der Waals surface area contributed by atoms with E-state index in [1.807, 2.05) is 32.0 Å². The average Bonchev–Trinajstić information content (AvgIpc) is 2.45. The van der Waals surface area contributed by atoms with E-state index in [-0.39, 0.29) is 0 Å². The standard InChI is InChI=1S/C13H12N2O2.C2H6/c1-10-12(8-5-9-14-10)17-13(16)15-11-6-3-2-4-7-11;1-2/h2-9H,1H3,(H,15,16);1-2H3. The summed E-state index contributed by atoms with van der Waals surface area (Å²) >= 11 is 0. The Morgan fingerprint density at radius 3 is 2.42 bits per heavy atom. The van der Waals surface area contributed by atoms with Crippen molar-refractivity contribution in [2.24, 2.45) is 0 Å². The van der Waals surface area contributed by atoms with Gasteiger partial charge in [0.15, 0.2) is 5.75 Å². The third-order valence-electron chi connectivity index (χ3n) is 2.18. The number of nitrogens with one attached hydrogen (secondary N) is 1. The van der Waals surface area contributed by atoms with Gasteiger partial charge in [-0.25, -0.2) is 4.79 Å². The number of aromatic nitrogens is 1. The van der Waals surface area contributed by atoms with Gasteiger partial charge < -0.3 is 4.74 Å². The SMILES string of the molecule is CC.Cc1ncccc1OC(=O)Nc1ccccc1. The van der Waals surface area contributed by atoms with E-state index in [2.05, 4.69) is 10.3 Å². The quantitative estimate of drug-likeness (QED) is 0.884. The number of ether oxygens (including phenoxy) is 1. The third kappa shape index (κ3) is 4.79. The molecule has 0 spiro atoms. The molecule has 2 aromatic rings. The molecule has 100 valence electrons. The first-order chi connectivity index (χ1) is 9.25. The number of nitrogens with zero attached hydrogens (tertiary/aromatic N) is 1. The molecule has 0 aliphatic rings. The fourth-order valence-electron chi connectivity index (χ4n) is 1.34. The van der Waals surface area contributed by atoms with Gasteiger partial charge in [0.05, 0.1) is 5.69 Å². The van der Waals surface area contributed by atoms with Crippen molar-refractivity contribution in [3.05, 3.63) is 54.4 Å². The van der Waals surface area contributed by atoms with Crippen LogP contribution in [0.3, 0.4) is 0 Å². The molecule has 0 aliphatic heterocycles. The zero-order valence-electron chi connectivity index (χ0n) is 11.4. The molecule has 0 fully saturated rings. The van der Waals surface area contributed by atoms with E-state index in [4.69, 9.17) is 4.74 Å². The van der Waals surface area contributed by atoms with Crippen molar-refractivity contribution in [1.29, 1.82) is 0 Å². The Bertz CT molecular complexity index is 513. The van der Waals surface area contributed by atoms with Gasteiger partial charge in [0, 0.05) is 11.9 Å². The Morgan fingerprint density at radius 2 is 1.79 bits per heavy atom. The summed E-state index contributed by atoms with van der Waals surface area (Å²) in [6, 6.07) is 12.6. The van der Waals surface area contributed by atoms with E-state index >= 15 is 0 Å². The van der Waals surface area contributed by atoms with Crippen molar-refractivity contribution in [1.82, 2.24) is 4.98 Å². The molecule has 2 rings (SSSR count). The second-order valence-electron chi connectivity index (χ2n) is 3.47. The van der Waals surface area contributed by atoms with Crippen LogP contribution >= 0.6 is 0 Å². The number of para-hydroxylation sites is 1. The van der Waals surface area contributed by atoms with Crippen LogP contribution in [-0.2, 0) is 0 Å². The van der Waals surface area contributed by atoms with Gasteiger partial charge in [-0.1, -0.05) is 32.0 Å². The molecule has 0 unspecified atom stereocenters. The van der Waals surface area contributed by atoms with Crippen molar-refractivity contribution in [3.8, 4) is 5.75 Å². The van der Waals surface area contributed by atoms with Crippen LogP contribution in [0.15, 0.2) is 48.7 Å². The van der Waals surface area contributed by atoms with Crippen molar-refractivity contribution in [2.75, 3.05) is 5.32 Å². The van der Waals surface area contributed by atoms with E-state index in [0.29, 0.717) is 17.1 Å². The Morgan fingerprint density at radius 1 is 1.11 bits per heavy atom. The number of hydrogen-bond donors (Lipinski definition) is 1. The molecule has 1 amide bonds. The summed E-state index contributed by atoms with van der Waals surface area (Å²) in [5.74, 6) is 0.459. The van der Waals surface area contributed by atoms with Gasteiger partial charge in [-0.05, 0) is 31.2 Å². The van der Waals surface area contributed by atoms with Gasteiger partial charge in [-0.15, -0.1) is 0 Å². The Balaban J connectivity index is 0.000000861. The second-order valence-corrected chi connectivity index (χ2v) is 3.47. The number of anilines is 1. The first-order valence-electron chi connectivity index (χ1n) is 6.21. The molecular formula is C15H18N2O2. The summed E-state index contributed by atoms with van der Waals surface area (Å²) in [5.41, 5.74) is 1.37.